The van der Waals surface area contributed by atoms with Crippen LogP contribution in [0.15, 0.2) is 59.6 Å². The molecule has 4 rings (SSSR count). The van der Waals surface area contributed by atoms with Crippen LogP contribution in [0.25, 0.3) is 11.3 Å². The zero-order chi connectivity index (χ0) is 21.3. The Balaban J connectivity index is 1.61. The Bertz CT molecular complexity index is 1010. The van der Waals surface area contributed by atoms with Gasteiger partial charge < -0.3 is 20.1 Å². The molecular weight excluding hydrogens is 449 g/mol. The Kier molecular flexibility index (Phi) is 6.64. The number of rotatable bonds is 5. The molecule has 10 heteroatoms. The first-order valence-corrected chi connectivity index (χ1v) is 10.8. The summed E-state index contributed by atoms with van der Waals surface area (Å²) in [6, 6.07) is 13.7. The molecule has 0 radical (unpaired) electrons. The summed E-state index contributed by atoms with van der Waals surface area (Å²) in [6.07, 6.45) is -1.55. The molecule has 5 unspecified atom stereocenters. The molecule has 2 heterocycles. The van der Waals surface area contributed by atoms with Crippen molar-refractivity contribution in [3.63, 3.8) is 0 Å². The molecule has 5 atom stereocenters. The van der Waals surface area contributed by atoms with Crippen molar-refractivity contribution in [2.75, 3.05) is 6.61 Å². The smallest absolute Gasteiger partial charge is 0.136 e. The van der Waals surface area contributed by atoms with Gasteiger partial charge in [0.15, 0.2) is 0 Å². The number of ether oxygens (including phenoxy) is 1. The molecule has 0 amide bonds. The zero-order valence-corrected chi connectivity index (χ0v) is 17.9. The normalized spacial score (nSPS) is 26.6. The minimum absolute atomic E-state index is 0.381. The van der Waals surface area contributed by atoms with Crippen LogP contribution in [0.2, 0.25) is 10.0 Å². The van der Waals surface area contributed by atoms with Crippen molar-refractivity contribution in [1.82, 2.24) is 15.0 Å². The Morgan fingerprint density at radius 3 is 2.50 bits per heavy atom. The highest BCUT2D eigenvalue weighted by Crippen LogP contribution is 2.39. The summed E-state index contributed by atoms with van der Waals surface area (Å²) in [5.41, 5.74) is 0.688. The lowest BCUT2D eigenvalue weighted by molar-refractivity contribution is -0.178. The first-order chi connectivity index (χ1) is 14.5. The average molecular weight is 468 g/mol. The highest BCUT2D eigenvalue weighted by Gasteiger charge is 2.46. The molecule has 1 fully saturated rings. The van der Waals surface area contributed by atoms with Gasteiger partial charge in [-0.2, -0.15) is 0 Å². The van der Waals surface area contributed by atoms with Crippen LogP contribution in [0.1, 0.15) is 6.04 Å². The minimum atomic E-state index is -1.18. The fourth-order valence-electron chi connectivity index (χ4n) is 3.33. The lowest BCUT2D eigenvalue weighted by Gasteiger charge is -2.41. The van der Waals surface area contributed by atoms with Gasteiger partial charge in [-0.25, -0.2) is 4.68 Å². The molecule has 3 aromatic rings. The number of nitrogens with zero attached hydrogens (tertiary/aromatic N) is 3. The summed E-state index contributed by atoms with van der Waals surface area (Å²) in [4.78, 5) is 0.726. The zero-order valence-electron chi connectivity index (χ0n) is 15.5. The van der Waals surface area contributed by atoms with Crippen LogP contribution in [0, 0.1) is 0 Å². The third-order valence-electron chi connectivity index (χ3n) is 4.88. The quantitative estimate of drug-likeness (QED) is 0.529. The van der Waals surface area contributed by atoms with E-state index in [0.29, 0.717) is 15.7 Å². The summed E-state index contributed by atoms with van der Waals surface area (Å²) in [5.74, 6) is 0. The van der Waals surface area contributed by atoms with Crippen LogP contribution in [0.4, 0.5) is 0 Å². The standard InChI is InChI=1S/C20H19Cl2N3O4S/c21-13-7-6-12(8-14(13)22)30-20-19(28)17(18(27)16(10-26)29-20)25-9-15(23-24-25)11-4-2-1-3-5-11/h1-9,16-20,26-28H,10H2. The Morgan fingerprint density at radius 1 is 1.03 bits per heavy atom. The molecule has 1 aromatic heterocycles. The SMILES string of the molecule is OCC1OC(Sc2ccc(Cl)c(Cl)c2)C(O)C(n2cc(-c3ccccc3)nn2)C1O. The number of aliphatic hydroxyl groups is 3. The van der Waals surface area contributed by atoms with Gasteiger partial charge in [-0.3, -0.25) is 0 Å². The van der Waals surface area contributed by atoms with E-state index in [-0.39, 0.29) is 0 Å². The van der Waals surface area contributed by atoms with Gasteiger partial charge in [0.25, 0.3) is 0 Å². The van der Waals surface area contributed by atoms with Crippen molar-refractivity contribution in [3.05, 3.63) is 64.8 Å². The number of aromatic nitrogens is 3. The van der Waals surface area contributed by atoms with E-state index < -0.39 is 36.4 Å². The van der Waals surface area contributed by atoms with Gasteiger partial charge in [0, 0.05) is 10.5 Å². The maximum absolute atomic E-state index is 11.0. The molecule has 0 saturated carbocycles. The summed E-state index contributed by atoms with van der Waals surface area (Å²) in [7, 11) is 0. The molecule has 1 aliphatic heterocycles. The maximum atomic E-state index is 11.0. The predicted octanol–water partition coefficient (Wildman–Crippen LogP) is 3.02. The third kappa shape index (κ3) is 4.36. The number of hydrogen-bond acceptors (Lipinski definition) is 7. The van der Waals surface area contributed by atoms with Gasteiger partial charge in [-0.1, -0.05) is 70.5 Å². The number of hydrogen-bond donors (Lipinski definition) is 3. The number of halogens is 2. The monoisotopic (exact) mass is 467 g/mol. The van der Waals surface area contributed by atoms with E-state index in [0.717, 1.165) is 10.5 Å². The van der Waals surface area contributed by atoms with Crippen LogP contribution in [0.3, 0.4) is 0 Å². The Labute approximate surface area is 187 Å². The van der Waals surface area contributed by atoms with Gasteiger partial charge in [-0.15, -0.1) is 5.10 Å². The first kappa shape index (κ1) is 21.6. The van der Waals surface area contributed by atoms with E-state index in [4.69, 9.17) is 27.9 Å². The van der Waals surface area contributed by atoms with Crippen molar-refractivity contribution in [2.45, 2.75) is 34.7 Å². The highest BCUT2D eigenvalue weighted by molar-refractivity contribution is 7.99. The predicted molar refractivity (Wildman–Crippen MR) is 115 cm³/mol. The maximum Gasteiger partial charge on any atom is 0.136 e. The van der Waals surface area contributed by atoms with Crippen molar-refractivity contribution in [1.29, 1.82) is 0 Å². The van der Waals surface area contributed by atoms with Gasteiger partial charge in [0.05, 0.1) is 22.8 Å². The van der Waals surface area contributed by atoms with E-state index in [9.17, 15) is 15.3 Å². The first-order valence-electron chi connectivity index (χ1n) is 9.19. The van der Waals surface area contributed by atoms with Crippen molar-refractivity contribution < 1.29 is 20.1 Å². The molecular formula is C20H19Cl2N3O4S. The molecule has 158 valence electrons. The van der Waals surface area contributed by atoms with Crippen LogP contribution >= 0.6 is 35.0 Å². The second-order valence-corrected chi connectivity index (χ2v) is 8.83. The third-order valence-corrected chi connectivity index (χ3v) is 6.76. The van der Waals surface area contributed by atoms with Crippen LogP contribution < -0.4 is 0 Å². The van der Waals surface area contributed by atoms with Crippen molar-refractivity contribution in [3.8, 4) is 11.3 Å². The fourth-order valence-corrected chi connectivity index (χ4v) is 4.79. The molecule has 0 bridgehead atoms. The number of thioether (sulfide) groups is 1. The second kappa shape index (κ2) is 9.23. The van der Waals surface area contributed by atoms with Gasteiger partial charge in [-0.05, 0) is 18.2 Å². The Hall–Kier alpha value is -1.65. The summed E-state index contributed by atoms with van der Waals surface area (Å²) in [5, 5.41) is 40.5. The molecule has 30 heavy (non-hydrogen) atoms. The topological polar surface area (TPSA) is 101 Å². The van der Waals surface area contributed by atoms with E-state index >= 15 is 0 Å². The lowest BCUT2D eigenvalue weighted by Crippen LogP contribution is -2.55. The largest absolute Gasteiger partial charge is 0.394 e. The number of aliphatic hydroxyl groups excluding tert-OH is 3. The highest BCUT2D eigenvalue weighted by atomic mass is 35.5. The van der Waals surface area contributed by atoms with Gasteiger partial charge in [0.2, 0.25) is 0 Å². The molecule has 0 aliphatic carbocycles. The second-order valence-electron chi connectivity index (χ2n) is 6.84. The van der Waals surface area contributed by atoms with Gasteiger partial charge >= 0.3 is 0 Å². The summed E-state index contributed by atoms with van der Waals surface area (Å²) < 4.78 is 7.17. The van der Waals surface area contributed by atoms with Crippen LogP contribution in [-0.2, 0) is 4.74 Å². The summed E-state index contributed by atoms with van der Waals surface area (Å²) in [6.45, 7) is -0.414. The van der Waals surface area contributed by atoms with E-state index in [1.165, 1.54) is 16.4 Å². The summed E-state index contributed by atoms with van der Waals surface area (Å²) >= 11 is 13.3. The van der Waals surface area contributed by atoms with E-state index in [1.807, 2.05) is 30.3 Å². The average Bonchev–Trinajstić information content (AvgIpc) is 3.23. The van der Waals surface area contributed by atoms with Gasteiger partial charge in [0.1, 0.15) is 35.5 Å². The molecule has 1 saturated heterocycles. The lowest BCUT2D eigenvalue weighted by atomic mass is 9.97. The molecule has 2 aromatic carbocycles. The van der Waals surface area contributed by atoms with Crippen LogP contribution in [-0.4, -0.2) is 60.7 Å². The molecule has 3 N–H and O–H groups in total. The molecule has 7 nitrogen and oxygen atoms in total. The minimum Gasteiger partial charge on any atom is -0.394 e. The van der Waals surface area contributed by atoms with Crippen molar-refractivity contribution >= 4 is 35.0 Å². The fraction of sp³-hybridized carbons (Fsp3) is 0.300. The molecule has 1 aliphatic rings. The molecule has 0 spiro atoms. The number of benzene rings is 2. The van der Waals surface area contributed by atoms with E-state index in [2.05, 4.69) is 10.3 Å². The van der Waals surface area contributed by atoms with E-state index in [1.54, 1.807) is 24.4 Å². The Morgan fingerprint density at radius 2 is 1.80 bits per heavy atom. The van der Waals surface area contributed by atoms with Crippen LogP contribution in [0.5, 0.6) is 0 Å². The van der Waals surface area contributed by atoms with Crippen molar-refractivity contribution in [2.24, 2.45) is 0 Å².